The largest absolute Gasteiger partial charge is 0.505 e. The molecule has 0 fully saturated rings. The van der Waals surface area contributed by atoms with Crippen LogP contribution in [0.5, 0.6) is 5.75 Å². The van der Waals surface area contributed by atoms with Crippen LogP contribution in [0.15, 0.2) is 79.3 Å². The van der Waals surface area contributed by atoms with Gasteiger partial charge in [0.05, 0.1) is 11.7 Å². The fourth-order valence-electron chi connectivity index (χ4n) is 2.83. The molecular weight excluding hydrogens is 312 g/mol. The number of nitrogens with zero attached hydrogens (tertiary/aromatic N) is 3. The zero-order valence-electron chi connectivity index (χ0n) is 13.4. The van der Waals surface area contributed by atoms with Gasteiger partial charge in [0, 0.05) is 29.5 Å². The Hall–Kier alpha value is -3.47. The quantitative estimate of drug-likeness (QED) is 0.594. The summed E-state index contributed by atoms with van der Waals surface area (Å²) < 4.78 is 0. The van der Waals surface area contributed by atoms with Gasteiger partial charge in [-0.2, -0.15) is 0 Å². The molecule has 0 amide bonds. The maximum atomic E-state index is 10.8. The second kappa shape index (κ2) is 6.57. The Morgan fingerprint density at radius 1 is 0.760 bits per heavy atom. The zero-order chi connectivity index (χ0) is 17.1. The molecule has 1 atom stereocenters. The first-order chi connectivity index (χ1) is 12.3. The number of anilines is 1. The molecule has 2 N–H and O–H groups in total. The molecule has 0 aliphatic rings. The van der Waals surface area contributed by atoms with E-state index in [9.17, 15) is 5.11 Å². The Balaban J connectivity index is 1.85. The van der Waals surface area contributed by atoms with E-state index in [0.29, 0.717) is 16.9 Å². The molecule has 5 nitrogen and oxygen atoms in total. The van der Waals surface area contributed by atoms with Crippen molar-refractivity contribution in [2.45, 2.75) is 6.04 Å². The number of phenolic OH excluding ortho intramolecular Hbond substituents is 1. The molecule has 0 aliphatic heterocycles. The predicted molar refractivity (Wildman–Crippen MR) is 97.3 cm³/mol. The van der Waals surface area contributed by atoms with Gasteiger partial charge in [0.25, 0.3) is 0 Å². The van der Waals surface area contributed by atoms with Gasteiger partial charge in [0.1, 0.15) is 17.1 Å². The molecular formula is C20H16N4O. The molecule has 0 aliphatic carbocycles. The Kier molecular flexibility index (Phi) is 3.96. The van der Waals surface area contributed by atoms with Crippen molar-refractivity contribution in [3.8, 4) is 5.75 Å². The standard InChI is InChI=1S/C20H16N4O/c25-20-15(10-9-14-6-5-13-23-18(14)20)19(16-7-1-3-11-21-16)24-17-8-2-4-12-22-17/h1-13,19,25H,(H,22,24)/t19-/m1/s1. The van der Waals surface area contributed by atoms with E-state index in [4.69, 9.17) is 0 Å². The molecule has 0 unspecified atom stereocenters. The predicted octanol–water partition coefficient (Wildman–Crippen LogP) is 3.93. The van der Waals surface area contributed by atoms with Crippen LogP contribution in [-0.4, -0.2) is 20.1 Å². The maximum absolute atomic E-state index is 10.8. The lowest BCUT2D eigenvalue weighted by molar-refractivity contribution is 0.471. The molecule has 1 aromatic carbocycles. The van der Waals surface area contributed by atoms with E-state index in [1.807, 2.05) is 60.7 Å². The lowest BCUT2D eigenvalue weighted by Crippen LogP contribution is -2.15. The number of aromatic nitrogens is 3. The molecule has 0 radical (unpaired) electrons. The van der Waals surface area contributed by atoms with Crippen molar-refractivity contribution in [2.75, 3.05) is 5.32 Å². The van der Waals surface area contributed by atoms with Gasteiger partial charge in [-0.25, -0.2) is 4.98 Å². The lowest BCUT2D eigenvalue weighted by atomic mass is 9.99. The van der Waals surface area contributed by atoms with Crippen LogP contribution in [-0.2, 0) is 0 Å². The van der Waals surface area contributed by atoms with Crippen LogP contribution in [0.2, 0.25) is 0 Å². The summed E-state index contributed by atoms with van der Waals surface area (Å²) in [5.74, 6) is 0.857. The molecule has 4 aromatic rings. The van der Waals surface area contributed by atoms with Gasteiger partial charge < -0.3 is 10.4 Å². The minimum atomic E-state index is -0.345. The molecule has 3 aromatic heterocycles. The number of hydrogen-bond donors (Lipinski definition) is 2. The van der Waals surface area contributed by atoms with Crippen LogP contribution in [0.25, 0.3) is 10.9 Å². The lowest BCUT2D eigenvalue weighted by Gasteiger charge is -2.21. The molecule has 4 rings (SSSR count). The molecule has 0 saturated carbocycles. The zero-order valence-corrected chi connectivity index (χ0v) is 13.4. The molecule has 0 bridgehead atoms. The third kappa shape index (κ3) is 2.99. The van der Waals surface area contributed by atoms with Crippen LogP contribution >= 0.6 is 0 Å². The maximum Gasteiger partial charge on any atom is 0.147 e. The van der Waals surface area contributed by atoms with Crippen molar-refractivity contribution in [1.29, 1.82) is 0 Å². The van der Waals surface area contributed by atoms with Gasteiger partial charge >= 0.3 is 0 Å². The van der Waals surface area contributed by atoms with Crippen LogP contribution in [0.4, 0.5) is 5.82 Å². The molecule has 122 valence electrons. The smallest absolute Gasteiger partial charge is 0.147 e. The molecule has 25 heavy (non-hydrogen) atoms. The van der Waals surface area contributed by atoms with Crippen molar-refractivity contribution in [1.82, 2.24) is 15.0 Å². The van der Waals surface area contributed by atoms with Gasteiger partial charge in [0.2, 0.25) is 0 Å². The van der Waals surface area contributed by atoms with E-state index in [-0.39, 0.29) is 11.8 Å². The number of benzene rings is 1. The Bertz CT molecular complexity index is 990. The average Bonchev–Trinajstić information content (AvgIpc) is 2.69. The number of rotatable bonds is 4. The number of pyridine rings is 3. The summed E-state index contributed by atoms with van der Waals surface area (Å²) in [6.45, 7) is 0. The first kappa shape index (κ1) is 15.1. The fraction of sp³-hybridized carbons (Fsp3) is 0.0500. The Labute approximate surface area is 145 Å². The van der Waals surface area contributed by atoms with E-state index >= 15 is 0 Å². The highest BCUT2D eigenvalue weighted by Gasteiger charge is 2.21. The van der Waals surface area contributed by atoms with Crippen LogP contribution in [0.1, 0.15) is 17.3 Å². The normalized spacial score (nSPS) is 12.0. The molecule has 0 spiro atoms. The van der Waals surface area contributed by atoms with Gasteiger partial charge in [-0.1, -0.05) is 30.3 Å². The second-order valence-electron chi connectivity index (χ2n) is 5.63. The van der Waals surface area contributed by atoms with Crippen molar-refractivity contribution in [2.24, 2.45) is 0 Å². The monoisotopic (exact) mass is 328 g/mol. The fourth-order valence-corrected chi connectivity index (χ4v) is 2.83. The van der Waals surface area contributed by atoms with E-state index in [0.717, 1.165) is 11.1 Å². The summed E-state index contributed by atoms with van der Waals surface area (Å²) in [6.07, 6.45) is 5.13. The summed E-state index contributed by atoms with van der Waals surface area (Å²) >= 11 is 0. The van der Waals surface area contributed by atoms with Crippen molar-refractivity contribution in [3.63, 3.8) is 0 Å². The van der Waals surface area contributed by atoms with Crippen LogP contribution in [0.3, 0.4) is 0 Å². The summed E-state index contributed by atoms with van der Waals surface area (Å²) in [4.78, 5) is 13.1. The summed E-state index contributed by atoms with van der Waals surface area (Å²) in [5.41, 5.74) is 2.07. The van der Waals surface area contributed by atoms with Crippen molar-refractivity contribution in [3.05, 3.63) is 90.5 Å². The summed E-state index contributed by atoms with van der Waals surface area (Å²) in [6, 6.07) is 18.6. The third-order valence-electron chi connectivity index (χ3n) is 4.03. The van der Waals surface area contributed by atoms with Crippen molar-refractivity contribution >= 4 is 16.7 Å². The number of fused-ring (bicyclic) bond motifs is 1. The van der Waals surface area contributed by atoms with Gasteiger partial charge in [0.15, 0.2) is 0 Å². The van der Waals surface area contributed by atoms with Crippen molar-refractivity contribution < 1.29 is 5.11 Å². The van der Waals surface area contributed by atoms with Crippen LogP contribution < -0.4 is 5.32 Å². The van der Waals surface area contributed by atoms with E-state index in [1.165, 1.54) is 0 Å². The minimum Gasteiger partial charge on any atom is -0.505 e. The number of hydrogen-bond acceptors (Lipinski definition) is 5. The second-order valence-corrected chi connectivity index (χ2v) is 5.63. The SMILES string of the molecule is Oc1c([C@@H](Nc2ccccn2)c2ccccn2)ccc2cccnc12. The molecule has 0 saturated heterocycles. The third-order valence-corrected chi connectivity index (χ3v) is 4.03. The number of nitrogens with one attached hydrogen (secondary N) is 1. The topological polar surface area (TPSA) is 70.9 Å². The summed E-state index contributed by atoms with van der Waals surface area (Å²) in [7, 11) is 0. The van der Waals surface area contributed by atoms with E-state index in [2.05, 4.69) is 20.3 Å². The Morgan fingerprint density at radius 2 is 1.56 bits per heavy atom. The number of aromatic hydroxyl groups is 1. The Morgan fingerprint density at radius 3 is 2.32 bits per heavy atom. The first-order valence-electron chi connectivity index (χ1n) is 7.98. The molecule has 5 heteroatoms. The van der Waals surface area contributed by atoms with Gasteiger partial charge in [-0.05, 0) is 30.3 Å². The minimum absolute atomic E-state index is 0.150. The highest BCUT2D eigenvalue weighted by molar-refractivity contribution is 5.85. The van der Waals surface area contributed by atoms with E-state index in [1.54, 1.807) is 18.6 Å². The highest BCUT2D eigenvalue weighted by atomic mass is 16.3. The van der Waals surface area contributed by atoms with Crippen LogP contribution in [0, 0.1) is 0 Å². The number of phenols is 1. The van der Waals surface area contributed by atoms with Gasteiger partial charge in [-0.15, -0.1) is 0 Å². The highest BCUT2D eigenvalue weighted by Crippen LogP contribution is 2.35. The van der Waals surface area contributed by atoms with E-state index < -0.39 is 0 Å². The van der Waals surface area contributed by atoms with Gasteiger partial charge in [-0.3, -0.25) is 9.97 Å². The molecule has 3 heterocycles. The summed E-state index contributed by atoms with van der Waals surface area (Å²) in [5, 5.41) is 15.1. The first-order valence-corrected chi connectivity index (χ1v) is 7.98. The average molecular weight is 328 g/mol.